The average Bonchev–Trinajstić information content (AvgIpc) is 3.22. The van der Waals surface area contributed by atoms with Crippen LogP contribution in [0.15, 0.2) is 30.3 Å². The minimum atomic E-state index is -1.66. The Morgan fingerprint density at radius 1 is 1.10 bits per heavy atom. The van der Waals surface area contributed by atoms with E-state index in [-0.39, 0.29) is 24.4 Å². The zero-order valence-electron chi connectivity index (χ0n) is 18.8. The van der Waals surface area contributed by atoms with E-state index in [0.29, 0.717) is 6.61 Å². The van der Waals surface area contributed by atoms with Crippen molar-refractivity contribution >= 4 is 26.0 Å². The number of aromatic nitrogens is 2. The highest BCUT2D eigenvalue weighted by atomic mass is 28.3. The first-order chi connectivity index (χ1) is 13.5. The fourth-order valence-electron chi connectivity index (χ4n) is 4.01. The maximum atomic E-state index is 6.44. The van der Waals surface area contributed by atoms with Gasteiger partial charge in [0.15, 0.2) is 0 Å². The highest BCUT2D eigenvalue weighted by Gasteiger charge is 2.54. The maximum Gasteiger partial charge on any atom is 0.498 e. The summed E-state index contributed by atoms with van der Waals surface area (Å²) in [6.45, 7) is 16.9. The number of nitrogens with zero attached hydrogens (tertiary/aromatic N) is 2. The van der Waals surface area contributed by atoms with Gasteiger partial charge in [-0.15, -0.1) is 0 Å². The van der Waals surface area contributed by atoms with Crippen molar-refractivity contribution in [2.24, 2.45) is 0 Å². The summed E-state index contributed by atoms with van der Waals surface area (Å²) in [6.07, 6.45) is 0.985. The number of hydrogen-bond donors (Lipinski definition) is 0. The first-order valence-electron chi connectivity index (χ1n) is 10.6. The van der Waals surface area contributed by atoms with E-state index in [4.69, 9.17) is 19.1 Å². The largest absolute Gasteiger partial charge is 0.498 e. The molecule has 7 heteroatoms. The van der Waals surface area contributed by atoms with Gasteiger partial charge in [-0.25, -0.2) is 0 Å². The average molecular weight is 412 g/mol. The van der Waals surface area contributed by atoms with Crippen molar-refractivity contribution in [1.82, 2.24) is 9.78 Å². The Morgan fingerprint density at radius 2 is 1.72 bits per heavy atom. The molecule has 0 bridgehead atoms. The van der Waals surface area contributed by atoms with Crippen LogP contribution in [-0.2, 0) is 33.6 Å². The summed E-state index contributed by atoms with van der Waals surface area (Å²) in [6, 6.07) is 10.3. The van der Waals surface area contributed by atoms with Crippen LogP contribution in [0.25, 0.3) is 0 Å². The lowest BCUT2D eigenvalue weighted by Gasteiger charge is -2.32. The van der Waals surface area contributed by atoms with Crippen LogP contribution >= 0.6 is 0 Å². The summed E-state index contributed by atoms with van der Waals surface area (Å²) < 4.78 is 21.2. The number of fused-ring (bicyclic) bond motifs is 1. The molecule has 2 aliphatic rings. The number of benzene rings is 1. The fourth-order valence-corrected chi connectivity index (χ4v) is 5.50. The summed E-state index contributed by atoms with van der Waals surface area (Å²) in [5.74, 6) is 0. The van der Waals surface area contributed by atoms with E-state index in [1.165, 1.54) is 16.6 Å². The molecule has 1 atom stereocenters. The van der Waals surface area contributed by atoms with E-state index < -0.39 is 8.07 Å². The Morgan fingerprint density at radius 3 is 2.31 bits per heavy atom. The van der Waals surface area contributed by atoms with Crippen molar-refractivity contribution in [2.45, 2.75) is 84.2 Å². The van der Waals surface area contributed by atoms with Gasteiger partial charge < -0.3 is 14.0 Å². The second-order valence-corrected chi connectivity index (χ2v) is 15.3. The van der Waals surface area contributed by atoms with Crippen LogP contribution in [0, 0.1) is 0 Å². The molecule has 1 aromatic carbocycles. The second kappa shape index (κ2) is 7.08. The third kappa shape index (κ3) is 3.85. The van der Waals surface area contributed by atoms with Crippen molar-refractivity contribution in [1.29, 1.82) is 0 Å². The Labute approximate surface area is 175 Å². The third-order valence-corrected chi connectivity index (χ3v) is 8.21. The molecule has 3 heterocycles. The molecule has 2 aliphatic heterocycles. The molecule has 2 aromatic rings. The first-order valence-corrected chi connectivity index (χ1v) is 14.1. The predicted molar refractivity (Wildman–Crippen MR) is 120 cm³/mol. The standard InChI is InChI=1S/C22H33BN2O3Si/c1-21(2)22(3,4)28-23(27-21)19-18-13-17(26-15-16-11-9-8-10-12-16)14-25(18)24-20(19)29(5,6)7/h8-12,17H,13-15H2,1-7H3. The van der Waals surface area contributed by atoms with E-state index in [1.54, 1.807) is 0 Å². The van der Waals surface area contributed by atoms with Crippen molar-refractivity contribution in [2.75, 3.05) is 0 Å². The normalized spacial score (nSPS) is 22.9. The predicted octanol–water partition coefficient (Wildman–Crippen LogP) is 2.87. The Balaban J connectivity index is 1.59. The molecular formula is C22H33BN2O3Si. The smallest absolute Gasteiger partial charge is 0.399 e. The highest BCUT2D eigenvalue weighted by Crippen LogP contribution is 2.37. The summed E-state index contributed by atoms with van der Waals surface area (Å²) in [5, 5.41) is 6.25. The summed E-state index contributed by atoms with van der Waals surface area (Å²) in [7, 11) is -2.02. The van der Waals surface area contributed by atoms with Crippen molar-refractivity contribution in [3.8, 4) is 0 Å². The maximum absolute atomic E-state index is 6.44. The Bertz CT molecular complexity index is 873. The minimum Gasteiger partial charge on any atom is -0.399 e. The van der Waals surface area contributed by atoms with Gasteiger partial charge in [0.25, 0.3) is 0 Å². The van der Waals surface area contributed by atoms with Crippen LogP contribution in [0.5, 0.6) is 0 Å². The molecule has 1 aromatic heterocycles. The summed E-state index contributed by atoms with van der Waals surface area (Å²) in [4.78, 5) is 0. The molecule has 0 N–H and O–H groups in total. The van der Waals surface area contributed by atoms with Gasteiger partial charge in [-0.05, 0) is 33.3 Å². The van der Waals surface area contributed by atoms with Gasteiger partial charge >= 0.3 is 7.12 Å². The Kier molecular flexibility index (Phi) is 5.09. The number of rotatable bonds is 5. The quantitative estimate of drug-likeness (QED) is 0.709. The van der Waals surface area contributed by atoms with E-state index in [9.17, 15) is 0 Å². The number of ether oxygens (including phenoxy) is 1. The first kappa shape index (κ1) is 20.8. The molecular weight excluding hydrogens is 379 g/mol. The summed E-state index contributed by atoms with van der Waals surface area (Å²) >= 11 is 0. The minimum absolute atomic E-state index is 0.134. The Hall–Kier alpha value is -1.41. The van der Waals surface area contributed by atoms with Crippen LogP contribution < -0.4 is 10.8 Å². The zero-order chi connectivity index (χ0) is 21.0. The highest BCUT2D eigenvalue weighted by molar-refractivity contribution is 6.92. The van der Waals surface area contributed by atoms with E-state index >= 15 is 0 Å². The molecule has 4 rings (SSSR count). The van der Waals surface area contributed by atoms with Crippen LogP contribution in [0.4, 0.5) is 0 Å². The second-order valence-electron chi connectivity index (χ2n) is 10.4. The van der Waals surface area contributed by atoms with Crippen LogP contribution in [0.2, 0.25) is 19.6 Å². The topological polar surface area (TPSA) is 45.5 Å². The third-order valence-electron chi connectivity index (χ3n) is 6.42. The molecule has 0 aliphatic carbocycles. The molecule has 0 radical (unpaired) electrons. The molecule has 0 spiro atoms. The molecule has 0 saturated carbocycles. The molecule has 0 amide bonds. The van der Waals surface area contributed by atoms with Gasteiger partial charge in [-0.1, -0.05) is 50.0 Å². The van der Waals surface area contributed by atoms with Gasteiger partial charge in [-0.3, -0.25) is 4.68 Å². The number of hydrogen-bond acceptors (Lipinski definition) is 4. The SMILES string of the molecule is CC1(C)OB(c2c([Si](C)(C)C)nn3c2CC(OCc2ccccc2)C3)OC1(C)C. The van der Waals surface area contributed by atoms with Crippen molar-refractivity contribution in [3.63, 3.8) is 0 Å². The fraction of sp³-hybridized carbons (Fsp3) is 0.591. The van der Waals surface area contributed by atoms with Gasteiger partial charge in [0.05, 0.1) is 30.5 Å². The van der Waals surface area contributed by atoms with Crippen molar-refractivity contribution < 1.29 is 14.0 Å². The van der Waals surface area contributed by atoms with E-state index in [0.717, 1.165) is 18.4 Å². The van der Waals surface area contributed by atoms with E-state index in [2.05, 4.69) is 76.3 Å². The lowest BCUT2D eigenvalue weighted by molar-refractivity contribution is 0.00578. The van der Waals surface area contributed by atoms with Crippen LogP contribution in [0.1, 0.15) is 39.0 Å². The van der Waals surface area contributed by atoms with E-state index in [1.807, 2.05) is 6.07 Å². The van der Waals surface area contributed by atoms with Crippen LogP contribution in [-0.4, -0.2) is 42.3 Å². The van der Waals surface area contributed by atoms with Gasteiger partial charge in [-0.2, -0.15) is 5.10 Å². The molecule has 156 valence electrons. The lowest BCUT2D eigenvalue weighted by atomic mass is 9.78. The molecule has 1 unspecified atom stereocenters. The molecule has 1 fully saturated rings. The van der Waals surface area contributed by atoms with Crippen LogP contribution in [0.3, 0.4) is 0 Å². The van der Waals surface area contributed by atoms with Gasteiger partial charge in [0.2, 0.25) is 0 Å². The van der Waals surface area contributed by atoms with Gasteiger partial charge in [0.1, 0.15) is 8.07 Å². The van der Waals surface area contributed by atoms with Crippen molar-refractivity contribution in [3.05, 3.63) is 41.6 Å². The summed E-state index contributed by atoms with van der Waals surface area (Å²) in [5.41, 5.74) is 2.87. The molecule has 5 nitrogen and oxygen atoms in total. The van der Waals surface area contributed by atoms with Gasteiger partial charge in [0, 0.05) is 22.9 Å². The zero-order valence-corrected chi connectivity index (χ0v) is 19.8. The molecule has 1 saturated heterocycles. The monoisotopic (exact) mass is 412 g/mol. The lowest BCUT2D eigenvalue weighted by Crippen LogP contribution is -2.55. The molecule has 29 heavy (non-hydrogen) atoms.